The van der Waals surface area contributed by atoms with E-state index in [2.05, 4.69) is 20.1 Å². The Morgan fingerprint density at radius 3 is 2.67 bits per heavy atom. The number of hydrogen-bond donors (Lipinski definition) is 2. The van der Waals surface area contributed by atoms with Gasteiger partial charge in [-0.1, -0.05) is 23.7 Å². The number of aromatic amines is 1. The monoisotopic (exact) mass is 562 g/mol. The van der Waals surface area contributed by atoms with Gasteiger partial charge in [-0.25, -0.2) is 9.67 Å². The molecule has 1 aromatic carbocycles. The molecule has 2 N–H and O–H groups in total. The third kappa shape index (κ3) is 4.63. The zero-order chi connectivity index (χ0) is 26.9. The number of hydrogen-bond acceptors (Lipinski definition) is 8. The summed E-state index contributed by atoms with van der Waals surface area (Å²) in [6.07, 6.45) is -4.33. The highest BCUT2D eigenvalue weighted by Gasteiger charge is 2.48. The van der Waals surface area contributed by atoms with E-state index in [-0.39, 0.29) is 38.4 Å². The number of ether oxygens (including phenoxy) is 3. The Balaban J connectivity index is 1.07. The second-order valence-corrected chi connectivity index (χ2v) is 10.3. The van der Waals surface area contributed by atoms with Crippen LogP contribution in [0.25, 0.3) is 28.1 Å². The lowest BCUT2D eigenvalue weighted by atomic mass is 10.1. The number of alkyl halides is 3. The van der Waals surface area contributed by atoms with E-state index in [4.69, 9.17) is 25.8 Å². The van der Waals surface area contributed by atoms with Crippen molar-refractivity contribution in [2.75, 3.05) is 19.8 Å². The molecule has 4 atom stereocenters. The molecule has 2 saturated heterocycles. The van der Waals surface area contributed by atoms with Crippen molar-refractivity contribution < 1.29 is 32.5 Å². The van der Waals surface area contributed by atoms with Crippen molar-refractivity contribution in [3.05, 3.63) is 52.8 Å². The first kappa shape index (κ1) is 24.8. The Morgan fingerprint density at radius 1 is 1.10 bits per heavy atom. The zero-order valence-electron chi connectivity index (χ0n) is 20.2. The van der Waals surface area contributed by atoms with Crippen LogP contribution in [0.2, 0.25) is 5.02 Å². The number of nitrogens with zero attached hydrogens (tertiary/aromatic N) is 5. The predicted octanol–water partition coefficient (Wildman–Crippen LogP) is 3.25. The van der Waals surface area contributed by atoms with Gasteiger partial charge in [-0.15, -0.1) is 0 Å². The van der Waals surface area contributed by atoms with E-state index in [1.54, 1.807) is 16.9 Å². The van der Waals surface area contributed by atoms with E-state index in [1.165, 1.54) is 4.90 Å². The van der Waals surface area contributed by atoms with Crippen LogP contribution in [0.3, 0.4) is 0 Å². The summed E-state index contributed by atoms with van der Waals surface area (Å²) in [5.41, 5.74) is 4.50. The Labute approximate surface area is 224 Å². The molecule has 3 aromatic heterocycles. The van der Waals surface area contributed by atoms with Crippen LogP contribution >= 0.6 is 11.6 Å². The maximum atomic E-state index is 12.7. The van der Waals surface area contributed by atoms with Crippen molar-refractivity contribution in [2.24, 2.45) is 0 Å². The lowest BCUT2D eigenvalue weighted by Crippen LogP contribution is -2.34. The maximum Gasteiger partial charge on any atom is 0.401 e. The topological polar surface area (TPSA) is 111 Å². The number of pyridine rings is 1. The number of aliphatic hydroxyl groups excluding tert-OH is 1. The lowest BCUT2D eigenvalue weighted by Gasteiger charge is -2.17. The van der Waals surface area contributed by atoms with Crippen LogP contribution in [-0.2, 0) is 22.6 Å². The molecular formula is C25H22ClF3N6O4. The molecule has 4 aromatic rings. The summed E-state index contributed by atoms with van der Waals surface area (Å²) in [5.74, 6) is 0. The van der Waals surface area contributed by atoms with Gasteiger partial charge >= 0.3 is 6.18 Å². The minimum Gasteiger partial charge on any atom is -0.456 e. The first-order valence-corrected chi connectivity index (χ1v) is 12.7. The van der Waals surface area contributed by atoms with E-state index in [9.17, 15) is 18.3 Å². The molecule has 3 aliphatic heterocycles. The molecule has 3 aliphatic rings. The van der Waals surface area contributed by atoms with Gasteiger partial charge in [0.2, 0.25) is 0 Å². The summed E-state index contributed by atoms with van der Waals surface area (Å²) < 4.78 is 56.9. The van der Waals surface area contributed by atoms with E-state index in [0.717, 1.165) is 16.8 Å². The number of nitrogens with one attached hydrogen (secondary N) is 1. The van der Waals surface area contributed by atoms with Crippen molar-refractivity contribution in [1.29, 1.82) is 0 Å². The van der Waals surface area contributed by atoms with Gasteiger partial charge in [0.05, 0.1) is 47.4 Å². The Bertz CT molecular complexity index is 1520. The summed E-state index contributed by atoms with van der Waals surface area (Å²) in [5, 5.41) is 14.8. The molecule has 1 unspecified atom stereocenters. The standard InChI is InChI=1S/C25H22ClF3N6O4/c26-15-5-16-23(32-24(30-16)39-19-10-38-21-18(36)9-37-22(19)21)31-20(15)12-1-3-14(4-2-12)35-7-13-6-34(8-17(13)33-35)11-25(27,28)29/h1-5,7,18-19,21-22,36H,6,8-11H2,(H,30,31,32)/t18-,19-,21?,22-/m1/s1. The predicted molar refractivity (Wildman–Crippen MR) is 132 cm³/mol. The van der Waals surface area contributed by atoms with E-state index in [1.807, 2.05) is 24.3 Å². The van der Waals surface area contributed by atoms with E-state index in [0.29, 0.717) is 27.6 Å². The molecule has 0 spiro atoms. The number of H-pyrrole nitrogens is 1. The van der Waals surface area contributed by atoms with Gasteiger partial charge in [-0.3, -0.25) is 4.90 Å². The quantitative estimate of drug-likeness (QED) is 0.381. The lowest BCUT2D eigenvalue weighted by molar-refractivity contribution is -0.147. The average molecular weight is 563 g/mol. The van der Waals surface area contributed by atoms with Crippen molar-refractivity contribution in [3.8, 4) is 23.0 Å². The number of benzene rings is 1. The Hall–Kier alpha value is -3.23. The molecule has 7 rings (SSSR count). The third-order valence-corrected chi connectivity index (χ3v) is 7.39. The first-order valence-electron chi connectivity index (χ1n) is 12.3. The summed E-state index contributed by atoms with van der Waals surface area (Å²) >= 11 is 6.55. The highest BCUT2D eigenvalue weighted by molar-refractivity contribution is 6.33. The molecule has 0 amide bonds. The molecule has 0 bridgehead atoms. The minimum atomic E-state index is -4.23. The number of aromatic nitrogens is 5. The van der Waals surface area contributed by atoms with Crippen LogP contribution in [0.5, 0.6) is 6.01 Å². The van der Waals surface area contributed by atoms with E-state index >= 15 is 0 Å². The van der Waals surface area contributed by atoms with Gasteiger partial charge in [0, 0.05) is 30.4 Å². The van der Waals surface area contributed by atoms with E-state index < -0.39 is 31.0 Å². The van der Waals surface area contributed by atoms with Gasteiger partial charge < -0.3 is 24.3 Å². The van der Waals surface area contributed by atoms with Crippen LogP contribution in [-0.4, -0.2) is 85.1 Å². The molecule has 0 radical (unpaired) electrons. The molecule has 204 valence electrons. The van der Waals surface area contributed by atoms with Crippen LogP contribution in [0.15, 0.2) is 36.5 Å². The van der Waals surface area contributed by atoms with Gasteiger partial charge in [0.1, 0.15) is 18.3 Å². The summed E-state index contributed by atoms with van der Waals surface area (Å²) in [4.78, 5) is 13.5. The average Bonchev–Trinajstić information content (AvgIpc) is 3.67. The fourth-order valence-electron chi connectivity index (χ4n) is 5.33. The number of halogens is 4. The van der Waals surface area contributed by atoms with Gasteiger partial charge in [0.25, 0.3) is 6.01 Å². The SMILES string of the molecule is O[C@@H]1CO[C@H]2C1OC[C@H]2Oc1nc2nc(-c3ccc(-n4cc5c(n4)CN(CC(F)(F)F)C5)cc3)c(Cl)cc2[nH]1. The second-order valence-electron chi connectivity index (χ2n) is 9.90. The molecular weight excluding hydrogens is 541 g/mol. The van der Waals surface area contributed by atoms with Crippen molar-refractivity contribution in [2.45, 2.75) is 43.7 Å². The van der Waals surface area contributed by atoms with Crippen LogP contribution in [0, 0.1) is 0 Å². The molecule has 0 saturated carbocycles. The second kappa shape index (κ2) is 9.17. The normalized spacial score (nSPS) is 24.9. The number of rotatable bonds is 5. The van der Waals surface area contributed by atoms with Crippen LogP contribution in [0.1, 0.15) is 11.3 Å². The number of aliphatic hydroxyl groups is 1. The van der Waals surface area contributed by atoms with Gasteiger partial charge in [-0.05, 0) is 18.2 Å². The van der Waals surface area contributed by atoms with Crippen LogP contribution in [0.4, 0.5) is 13.2 Å². The number of imidazole rings is 1. The largest absolute Gasteiger partial charge is 0.456 e. The molecule has 10 nitrogen and oxygen atoms in total. The molecule has 6 heterocycles. The fourth-order valence-corrected chi connectivity index (χ4v) is 5.59. The Morgan fingerprint density at radius 2 is 1.90 bits per heavy atom. The highest BCUT2D eigenvalue weighted by atomic mass is 35.5. The number of fused-ring (bicyclic) bond motifs is 3. The molecule has 0 aliphatic carbocycles. The summed E-state index contributed by atoms with van der Waals surface area (Å²) in [6.45, 7) is -0.0862. The van der Waals surface area contributed by atoms with Crippen molar-refractivity contribution >= 4 is 22.8 Å². The fraction of sp³-hybridized carbons (Fsp3) is 0.400. The third-order valence-electron chi connectivity index (χ3n) is 7.10. The zero-order valence-corrected chi connectivity index (χ0v) is 21.0. The molecule has 2 fully saturated rings. The first-order chi connectivity index (χ1) is 18.7. The minimum absolute atomic E-state index is 0.165. The van der Waals surface area contributed by atoms with Gasteiger partial charge in [-0.2, -0.15) is 23.3 Å². The Kier molecular flexibility index (Phi) is 5.83. The molecule has 39 heavy (non-hydrogen) atoms. The molecule has 14 heteroatoms. The maximum absolute atomic E-state index is 12.7. The highest BCUT2D eigenvalue weighted by Crippen LogP contribution is 2.33. The van der Waals surface area contributed by atoms with Crippen molar-refractivity contribution in [3.63, 3.8) is 0 Å². The van der Waals surface area contributed by atoms with Gasteiger partial charge in [0.15, 0.2) is 11.8 Å². The van der Waals surface area contributed by atoms with Crippen LogP contribution < -0.4 is 4.74 Å². The van der Waals surface area contributed by atoms with Crippen molar-refractivity contribution in [1.82, 2.24) is 29.6 Å². The smallest absolute Gasteiger partial charge is 0.401 e. The summed E-state index contributed by atoms with van der Waals surface area (Å²) in [7, 11) is 0. The summed E-state index contributed by atoms with van der Waals surface area (Å²) in [6, 6.07) is 9.36.